The summed E-state index contributed by atoms with van der Waals surface area (Å²) in [6.07, 6.45) is 0. The Hall–Kier alpha value is -2.26. The van der Waals surface area contributed by atoms with Gasteiger partial charge in [0.1, 0.15) is 6.04 Å². The summed E-state index contributed by atoms with van der Waals surface area (Å²) in [5, 5.41) is 1.57. The van der Waals surface area contributed by atoms with E-state index in [9.17, 15) is 19.2 Å². The van der Waals surface area contributed by atoms with E-state index in [1.807, 2.05) is 0 Å². The Morgan fingerprint density at radius 3 is 2.13 bits per heavy atom. The summed E-state index contributed by atoms with van der Waals surface area (Å²) in [7, 11) is 6.09. The molecule has 0 bridgehead atoms. The molecule has 9 nitrogen and oxygen atoms in total. The number of imide groups is 1. The van der Waals surface area contributed by atoms with Crippen molar-refractivity contribution in [3.8, 4) is 0 Å². The van der Waals surface area contributed by atoms with Crippen molar-refractivity contribution in [2.45, 2.75) is 19.0 Å². The third-order valence-corrected chi connectivity index (χ3v) is 4.97. The lowest BCUT2D eigenvalue weighted by molar-refractivity contribution is -0.139. The Labute approximate surface area is 132 Å². The fourth-order valence-corrected chi connectivity index (χ4v) is 3.50. The highest BCUT2D eigenvalue weighted by Gasteiger charge is 2.57. The second-order valence-electron chi connectivity index (χ2n) is 6.13. The van der Waals surface area contributed by atoms with Crippen LogP contribution in [0.3, 0.4) is 0 Å². The van der Waals surface area contributed by atoms with Gasteiger partial charge in [0.2, 0.25) is 11.8 Å². The molecule has 23 heavy (non-hydrogen) atoms. The first-order valence-corrected chi connectivity index (χ1v) is 7.25. The van der Waals surface area contributed by atoms with Crippen molar-refractivity contribution in [1.29, 1.82) is 0 Å². The lowest BCUT2D eigenvalue weighted by Crippen LogP contribution is -2.45. The van der Waals surface area contributed by atoms with Crippen LogP contribution in [0.15, 0.2) is 9.59 Å². The topological polar surface area (TPSA) is 96.7 Å². The van der Waals surface area contributed by atoms with E-state index in [4.69, 9.17) is 0 Å². The van der Waals surface area contributed by atoms with Gasteiger partial charge in [0.05, 0.1) is 17.5 Å². The summed E-state index contributed by atoms with van der Waals surface area (Å²) in [6.45, 7) is 1.66. The minimum absolute atomic E-state index is 0.295. The van der Waals surface area contributed by atoms with Crippen molar-refractivity contribution in [1.82, 2.24) is 24.5 Å². The number of carbonyl (C=O) groups excluding carboxylic acids is 2. The fraction of sp³-hybridized carbons (Fsp3) is 0.571. The summed E-state index contributed by atoms with van der Waals surface area (Å²) >= 11 is 0. The van der Waals surface area contributed by atoms with Crippen molar-refractivity contribution >= 4 is 11.8 Å². The molecule has 3 atom stereocenters. The van der Waals surface area contributed by atoms with Crippen LogP contribution in [-0.4, -0.2) is 51.0 Å². The molecule has 3 heterocycles. The summed E-state index contributed by atoms with van der Waals surface area (Å²) in [6, 6.07) is -1.28. The molecule has 2 aliphatic rings. The number of likely N-dealkylation sites (N-methyl/N-ethyl adjacent to an activating group) is 2. The predicted octanol–water partition coefficient (Wildman–Crippen LogP) is -2.13. The van der Waals surface area contributed by atoms with Crippen LogP contribution in [0, 0.1) is 12.8 Å². The van der Waals surface area contributed by atoms with Gasteiger partial charge in [-0.15, -0.1) is 0 Å². The number of hydrogen-bond donors (Lipinski definition) is 1. The molecule has 2 fully saturated rings. The van der Waals surface area contributed by atoms with Crippen molar-refractivity contribution in [2.24, 2.45) is 20.0 Å². The van der Waals surface area contributed by atoms with Gasteiger partial charge in [0.25, 0.3) is 5.56 Å². The van der Waals surface area contributed by atoms with Gasteiger partial charge in [0.15, 0.2) is 0 Å². The predicted molar refractivity (Wildman–Crippen MR) is 80.4 cm³/mol. The Morgan fingerprint density at radius 1 is 0.913 bits per heavy atom. The minimum Gasteiger partial charge on any atom is -0.301 e. The molecule has 1 aromatic rings. The summed E-state index contributed by atoms with van der Waals surface area (Å²) in [5.74, 6) is -1.30. The zero-order chi connectivity index (χ0) is 17.2. The summed E-state index contributed by atoms with van der Waals surface area (Å²) in [4.78, 5) is 50.4. The normalized spacial score (nSPS) is 27.9. The first-order chi connectivity index (χ1) is 10.7. The smallest absolute Gasteiger partial charge is 0.301 e. The first kappa shape index (κ1) is 15.6. The van der Waals surface area contributed by atoms with Crippen LogP contribution in [-0.2, 0) is 23.7 Å². The van der Waals surface area contributed by atoms with Gasteiger partial charge in [-0.25, -0.2) is 15.2 Å². The molecule has 0 radical (unpaired) electrons. The molecule has 0 saturated carbocycles. The number of aromatic nitrogens is 2. The van der Waals surface area contributed by atoms with E-state index < -0.39 is 29.3 Å². The van der Waals surface area contributed by atoms with Crippen LogP contribution in [0.1, 0.15) is 17.3 Å². The van der Waals surface area contributed by atoms with Crippen molar-refractivity contribution < 1.29 is 9.59 Å². The van der Waals surface area contributed by atoms with Gasteiger partial charge in [0, 0.05) is 33.9 Å². The molecule has 2 amide bonds. The maximum atomic E-state index is 12.6. The van der Waals surface area contributed by atoms with Gasteiger partial charge in [-0.1, -0.05) is 0 Å². The van der Waals surface area contributed by atoms with Crippen LogP contribution < -0.4 is 16.7 Å². The molecular formula is C14H19N5O4. The van der Waals surface area contributed by atoms with Gasteiger partial charge < -0.3 is 4.57 Å². The van der Waals surface area contributed by atoms with Crippen LogP contribution in [0.2, 0.25) is 0 Å². The molecule has 1 unspecified atom stereocenters. The molecule has 124 valence electrons. The minimum atomic E-state index is -0.679. The number of rotatable bonds is 1. The van der Waals surface area contributed by atoms with E-state index in [1.165, 1.54) is 18.7 Å². The third-order valence-electron chi connectivity index (χ3n) is 4.97. The zero-order valence-electron chi connectivity index (χ0n) is 13.7. The summed E-state index contributed by atoms with van der Waals surface area (Å²) < 4.78 is 2.39. The highest BCUT2D eigenvalue weighted by atomic mass is 16.2. The maximum Gasteiger partial charge on any atom is 0.330 e. The molecule has 0 aromatic carbocycles. The number of hydrazine groups is 1. The van der Waals surface area contributed by atoms with E-state index in [0.717, 1.165) is 9.47 Å². The number of likely N-dealkylation sites (tertiary alicyclic amines) is 1. The summed E-state index contributed by atoms with van der Waals surface area (Å²) in [5.41, 5.74) is 2.99. The standard InChI is InChI=1S/C14H19N5O4/c1-6-7(11(20)18(4)14(23)16(6)2)9-8-10(19(5)15-9)13(22)17(3)12(8)21/h8-10,15H,1-5H3/t8-,9?,10+/m1/s1. The van der Waals surface area contributed by atoms with Crippen molar-refractivity contribution in [3.63, 3.8) is 0 Å². The lowest BCUT2D eigenvalue weighted by Gasteiger charge is -2.22. The Morgan fingerprint density at radius 2 is 1.52 bits per heavy atom. The number of amides is 2. The van der Waals surface area contributed by atoms with Crippen LogP contribution in [0.4, 0.5) is 0 Å². The van der Waals surface area contributed by atoms with Gasteiger partial charge in [-0.2, -0.15) is 0 Å². The van der Waals surface area contributed by atoms with E-state index >= 15 is 0 Å². The number of nitrogens with one attached hydrogen (secondary N) is 1. The second-order valence-corrected chi connectivity index (χ2v) is 6.13. The highest BCUT2D eigenvalue weighted by Crippen LogP contribution is 2.38. The molecule has 2 aliphatic heterocycles. The number of fused-ring (bicyclic) bond motifs is 1. The monoisotopic (exact) mass is 321 g/mol. The van der Waals surface area contributed by atoms with Crippen LogP contribution in [0.5, 0.6) is 0 Å². The largest absolute Gasteiger partial charge is 0.330 e. The van der Waals surface area contributed by atoms with E-state index in [1.54, 1.807) is 26.0 Å². The molecular weight excluding hydrogens is 302 g/mol. The Bertz CT molecular complexity index is 839. The molecule has 2 saturated heterocycles. The number of carbonyl (C=O) groups is 2. The second kappa shape index (κ2) is 4.87. The number of nitrogens with zero attached hydrogens (tertiary/aromatic N) is 4. The SMILES string of the molecule is Cc1c(C2NN(C)[C@@H]3C(=O)N(C)C(=O)[C@H]23)c(=O)n(C)c(=O)n1C. The Balaban J connectivity index is 2.22. The fourth-order valence-electron chi connectivity index (χ4n) is 3.50. The first-order valence-electron chi connectivity index (χ1n) is 7.25. The lowest BCUT2D eigenvalue weighted by atomic mass is 9.90. The Kier molecular flexibility index (Phi) is 3.31. The van der Waals surface area contributed by atoms with E-state index in [0.29, 0.717) is 11.3 Å². The van der Waals surface area contributed by atoms with Crippen LogP contribution >= 0.6 is 0 Å². The average Bonchev–Trinajstić information content (AvgIpc) is 2.96. The molecule has 0 aliphatic carbocycles. The highest BCUT2D eigenvalue weighted by molar-refractivity contribution is 6.07. The quantitative estimate of drug-likeness (QED) is 0.594. The van der Waals surface area contributed by atoms with Gasteiger partial charge in [-0.05, 0) is 6.92 Å². The van der Waals surface area contributed by atoms with E-state index in [2.05, 4.69) is 5.43 Å². The average molecular weight is 321 g/mol. The van der Waals surface area contributed by atoms with Gasteiger partial charge in [-0.3, -0.25) is 23.9 Å². The van der Waals surface area contributed by atoms with E-state index in [-0.39, 0.29) is 11.8 Å². The number of hydrogen-bond acceptors (Lipinski definition) is 6. The van der Waals surface area contributed by atoms with Crippen LogP contribution in [0.25, 0.3) is 0 Å². The molecule has 9 heteroatoms. The molecule has 1 N–H and O–H groups in total. The van der Waals surface area contributed by atoms with Gasteiger partial charge >= 0.3 is 5.69 Å². The third kappa shape index (κ3) is 1.86. The van der Waals surface area contributed by atoms with Crippen molar-refractivity contribution in [2.75, 3.05) is 14.1 Å². The van der Waals surface area contributed by atoms with Crippen molar-refractivity contribution in [3.05, 3.63) is 32.1 Å². The molecule has 0 spiro atoms. The maximum absolute atomic E-state index is 12.6. The molecule has 3 rings (SSSR count). The molecule has 1 aromatic heterocycles. The zero-order valence-corrected chi connectivity index (χ0v) is 13.7.